The van der Waals surface area contributed by atoms with E-state index in [0.717, 1.165) is 66.8 Å². The number of phenols is 3. The van der Waals surface area contributed by atoms with E-state index in [1.54, 1.807) is 0 Å². The number of aromatic hydroxyl groups is 3. The van der Waals surface area contributed by atoms with Crippen LogP contribution in [-0.2, 0) is 5.41 Å². The molecule has 0 fully saturated rings. The van der Waals surface area contributed by atoms with Gasteiger partial charge in [-0.1, -0.05) is 0 Å². The predicted molar refractivity (Wildman–Crippen MR) is 147 cm³/mol. The second-order valence-corrected chi connectivity index (χ2v) is 10.8. The monoisotopic (exact) mass is 474 g/mol. The van der Waals surface area contributed by atoms with Crippen molar-refractivity contribution < 1.29 is 15.3 Å². The molecule has 0 atom stereocenters. The van der Waals surface area contributed by atoms with Crippen LogP contribution in [-0.4, -0.2) is 15.3 Å². The summed E-state index contributed by atoms with van der Waals surface area (Å²) in [4.78, 5) is 0. The Morgan fingerprint density at radius 1 is 0.314 bits per heavy atom. The fraction of sp³-hybridized carbons (Fsp3) is 0.438. The molecule has 0 spiro atoms. The molecule has 0 aliphatic rings. The van der Waals surface area contributed by atoms with E-state index in [9.17, 15) is 15.3 Å². The third kappa shape index (κ3) is 3.46. The smallest absolute Gasteiger partial charge is 0.121 e. The van der Waals surface area contributed by atoms with Gasteiger partial charge in [0.05, 0.1) is 0 Å². The standard InChI is InChI=1S/C32H42O3/c1-14-20(7)29(33)21(8)15(2)26(14)32(13,27-16(3)22(9)30(34)23(10)17(27)4)28-18(5)24(11)31(35)25(12)19(28)6/h33-35H,1-13H3. The first-order valence-electron chi connectivity index (χ1n) is 12.4. The van der Waals surface area contributed by atoms with Crippen LogP contribution in [0.25, 0.3) is 0 Å². The maximum atomic E-state index is 10.9. The van der Waals surface area contributed by atoms with Crippen LogP contribution in [0.15, 0.2) is 0 Å². The van der Waals surface area contributed by atoms with Gasteiger partial charge in [0.15, 0.2) is 0 Å². The van der Waals surface area contributed by atoms with Crippen LogP contribution < -0.4 is 0 Å². The van der Waals surface area contributed by atoms with Crippen molar-refractivity contribution in [3.05, 3.63) is 83.5 Å². The van der Waals surface area contributed by atoms with Crippen molar-refractivity contribution in [1.82, 2.24) is 0 Å². The minimum absolute atomic E-state index is 0.351. The second-order valence-electron chi connectivity index (χ2n) is 10.8. The predicted octanol–water partition coefficient (Wildman–Crippen LogP) is 7.86. The van der Waals surface area contributed by atoms with Crippen LogP contribution in [0.4, 0.5) is 0 Å². The summed E-state index contributed by atoms with van der Waals surface area (Å²) < 4.78 is 0. The lowest BCUT2D eigenvalue weighted by Crippen LogP contribution is -2.33. The molecule has 0 aliphatic carbocycles. The zero-order valence-corrected chi connectivity index (χ0v) is 23.8. The minimum Gasteiger partial charge on any atom is -0.507 e. The second kappa shape index (κ2) is 8.62. The van der Waals surface area contributed by atoms with Crippen molar-refractivity contribution >= 4 is 0 Å². The molecule has 3 aromatic rings. The third-order valence-electron chi connectivity index (χ3n) is 9.26. The molecule has 0 radical (unpaired) electrons. The molecule has 0 saturated heterocycles. The minimum atomic E-state index is -0.591. The van der Waals surface area contributed by atoms with Gasteiger partial charge in [-0.25, -0.2) is 0 Å². The lowest BCUT2D eigenvalue weighted by molar-refractivity contribution is 0.462. The molecule has 0 aromatic heterocycles. The highest BCUT2D eigenvalue weighted by Gasteiger charge is 2.42. The molecule has 3 aromatic carbocycles. The number of benzene rings is 3. The first kappa shape index (κ1) is 26.7. The van der Waals surface area contributed by atoms with Crippen molar-refractivity contribution in [2.45, 2.75) is 95.4 Å². The molecular weight excluding hydrogens is 432 g/mol. The van der Waals surface area contributed by atoms with E-state index in [2.05, 4.69) is 48.5 Å². The Kier molecular flexibility index (Phi) is 6.57. The normalized spacial score (nSPS) is 11.9. The maximum Gasteiger partial charge on any atom is 0.121 e. The quantitative estimate of drug-likeness (QED) is 0.339. The van der Waals surface area contributed by atoms with Gasteiger partial charge in [-0.3, -0.25) is 0 Å². The summed E-state index contributed by atoms with van der Waals surface area (Å²) >= 11 is 0. The summed E-state index contributed by atoms with van der Waals surface area (Å²) in [6, 6.07) is 0. The van der Waals surface area contributed by atoms with E-state index in [4.69, 9.17) is 0 Å². The van der Waals surface area contributed by atoms with E-state index >= 15 is 0 Å². The number of hydrogen-bond donors (Lipinski definition) is 3. The summed E-state index contributed by atoms with van der Waals surface area (Å²) in [5, 5.41) is 32.7. The van der Waals surface area contributed by atoms with Gasteiger partial charge in [-0.15, -0.1) is 0 Å². The van der Waals surface area contributed by atoms with Crippen LogP contribution in [0.1, 0.15) is 90.4 Å². The Morgan fingerprint density at radius 3 is 0.600 bits per heavy atom. The highest BCUT2D eigenvalue weighted by atomic mass is 16.3. The molecular formula is C32H42O3. The molecule has 0 aliphatic heterocycles. The molecule has 35 heavy (non-hydrogen) atoms. The van der Waals surface area contributed by atoms with Crippen molar-refractivity contribution in [3.8, 4) is 17.2 Å². The molecule has 3 N–H and O–H groups in total. The summed E-state index contributed by atoms with van der Waals surface area (Å²) in [7, 11) is 0. The Hall–Kier alpha value is -2.94. The number of phenolic OH excluding ortho intramolecular Hbond substituents is 3. The third-order valence-corrected chi connectivity index (χ3v) is 9.26. The fourth-order valence-corrected chi connectivity index (χ4v) is 6.50. The van der Waals surface area contributed by atoms with Gasteiger partial charge in [0.2, 0.25) is 0 Å². The van der Waals surface area contributed by atoms with Crippen molar-refractivity contribution in [2.75, 3.05) is 0 Å². The largest absolute Gasteiger partial charge is 0.507 e. The summed E-state index contributed by atoms with van der Waals surface area (Å²) in [6.45, 7) is 26.8. The van der Waals surface area contributed by atoms with Gasteiger partial charge >= 0.3 is 0 Å². The van der Waals surface area contributed by atoms with E-state index in [0.29, 0.717) is 17.2 Å². The highest BCUT2D eigenvalue weighted by molar-refractivity contribution is 5.70. The van der Waals surface area contributed by atoms with Crippen LogP contribution >= 0.6 is 0 Å². The van der Waals surface area contributed by atoms with Gasteiger partial charge in [0.1, 0.15) is 17.2 Å². The van der Waals surface area contributed by atoms with Gasteiger partial charge in [-0.2, -0.15) is 0 Å². The van der Waals surface area contributed by atoms with Crippen LogP contribution in [0.3, 0.4) is 0 Å². The molecule has 0 unspecified atom stereocenters. The molecule has 3 heteroatoms. The van der Waals surface area contributed by atoms with Gasteiger partial charge in [0, 0.05) is 5.41 Å². The van der Waals surface area contributed by atoms with E-state index in [1.165, 1.54) is 16.7 Å². The topological polar surface area (TPSA) is 60.7 Å². The lowest BCUT2D eigenvalue weighted by atomic mass is 9.61. The molecule has 0 heterocycles. The zero-order valence-electron chi connectivity index (χ0n) is 23.8. The van der Waals surface area contributed by atoms with E-state index < -0.39 is 5.41 Å². The first-order valence-corrected chi connectivity index (χ1v) is 12.4. The summed E-state index contributed by atoms with van der Waals surface area (Å²) in [5.74, 6) is 1.05. The Morgan fingerprint density at radius 2 is 0.457 bits per heavy atom. The highest BCUT2D eigenvalue weighted by Crippen LogP contribution is 2.52. The average Bonchev–Trinajstić information content (AvgIpc) is 2.81. The van der Waals surface area contributed by atoms with E-state index in [1.807, 2.05) is 41.5 Å². The van der Waals surface area contributed by atoms with Crippen molar-refractivity contribution in [2.24, 2.45) is 0 Å². The zero-order chi connectivity index (χ0) is 26.9. The van der Waals surface area contributed by atoms with Crippen LogP contribution in [0.2, 0.25) is 0 Å². The summed E-state index contributed by atoms with van der Waals surface area (Å²) in [6.07, 6.45) is 0. The Balaban J connectivity index is 2.78. The first-order chi connectivity index (χ1) is 16.0. The van der Waals surface area contributed by atoms with Crippen LogP contribution in [0.5, 0.6) is 17.2 Å². The Bertz CT molecular complexity index is 1130. The fourth-order valence-electron chi connectivity index (χ4n) is 6.50. The van der Waals surface area contributed by atoms with Gasteiger partial charge in [0.25, 0.3) is 0 Å². The maximum absolute atomic E-state index is 10.9. The van der Waals surface area contributed by atoms with Crippen LogP contribution in [0, 0.1) is 83.1 Å². The summed E-state index contributed by atoms with van der Waals surface area (Å²) in [5.41, 5.74) is 14.7. The van der Waals surface area contributed by atoms with E-state index in [-0.39, 0.29) is 0 Å². The number of hydrogen-bond acceptors (Lipinski definition) is 3. The average molecular weight is 475 g/mol. The van der Waals surface area contributed by atoms with Gasteiger partial charge < -0.3 is 15.3 Å². The number of rotatable bonds is 3. The molecule has 0 saturated carbocycles. The Labute approximate surface area is 211 Å². The molecule has 0 amide bonds. The van der Waals surface area contributed by atoms with Crippen molar-refractivity contribution in [1.29, 1.82) is 0 Å². The molecule has 3 rings (SSSR count). The lowest BCUT2D eigenvalue weighted by Gasteiger charge is -2.41. The molecule has 0 bridgehead atoms. The van der Waals surface area contributed by atoms with Gasteiger partial charge in [-0.05, 0) is 173 Å². The molecule has 188 valence electrons. The SMILES string of the molecule is Cc1c(C)c(C(C)(c2c(C)c(C)c(O)c(C)c2C)c2c(C)c(C)c(O)c(C)c2C)c(C)c(C)c1O. The molecule has 3 nitrogen and oxygen atoms in total. The van der Waals surface area contributed by atoms with Crippen molar-refractivity contribution in [3.63, 3.8) is 0 Å².